The number of rotatable bonds is 7. The molecule has 0 saturated carbocycles. The highest BCUT2D eigenvalue weighted by atomic mass is 16.5. The summed E-state index contributed by atoms with van der Waals surface area (Å²) in [6.07, 6.45) is 3.27. The molecule has 25 heavy (non-hydrogen) atoms. The Hall–Kier alpha value is -2.08. The average molecular weight is 347 g/mol. The van der Waals surface area contributed by atoms with Gasteiger partial charge >= 0.3 is 0 Å². The van der Waals surface area contributed by atoms with Crippen molar-refractivity contribution in [2.24, 2.45) is 5.73 Å². The molecule has 1 atom stereocenters. The van der Waals surface area contributed by atoms with E-state index in [-0.39, 0.29) is 24.5 Å². The Morgan fingerprint density at radius 3 is 2.88 bits per heavy atom. The highest BCUT2D eigenvalue weighted by molar-refractivity contribution is 5.79. The van der Waals surface area contributed by atoms with Crippen molar-refractivity contribution < 1.29 is 14.3 Å². The van der Waals surface area contributed by atoms with Crippen LogP contribution in [0.5, 0.6) is 5.75 Å². The van der Waals surface area contributed by atoms with Crippen LogP contribution >= 0.6 is 0 Å². The number of carbonyl (C=O) groups excluding carboxylic acids is 2. The predicted octanol–water partition coefficient (Wildman–Crippen LogP) is 1.53. The summed E-state index contributed by atoms with van der Waals surface area (Å²) in [5, 5.41) is 2.87. The van der Waals surface area contributed by atoms with Gasteiger partial charge < -0.3 is 20.7 Å². The summed E-state index contributed by atoms with van der Waals surface area (Å²) in [7, 11) is 0. The molecule has 138 valence electrons. The molecule has 2 rings (SSSR count). The standard InChI is InChI=1S/C19H29N3O3/c1-14-6-7-15(2)17(11-14)25-13-19(24)22-10-4-3-5-16(22)12-21-18(23)8-9-20/h6-7,11,16H,3-5,8-10,12-13,20H2,1-2H3,(H,21,23). The highest BCUT2D eigenvalue weighted by Crippen LogP contribution is 2.20. The van der Waals surface area contributed by atoms with E-state index in [2.05, 4.69) is 5.32 Å². The Morgan fingerprint density at radius 2 is 2.12 bits per heavy atom. The summed E-state index contributed by atoms with van der Waals surface area (Å²) in [5.74, 6) is 0.656. The lowest BCUT2D eigenvalue weighted by Crippen LogP contribution is -2.50. The number of hydrogen-bond donors (Lipinski definition) is 2. The summed E-state index contributed by atoms with van der Waals surface area (Å²) in [6, 6.07) is 5.99. The first-order chi connectivity index (χ1) is 12.0. The lowest BCUT2D eigenvalue weighted by atomic mass is 10.0. The van der Waals surface area contributed by atoms with E-state index in [0.717, 1.165) is 36.1 Å². The van der Waals surface area contributed by atoms with Crippen LogP contribution < -0.4 is 15.8 Å². The summed E-state index contributed by atoms with van der Waals surface area (Å²) in [4.78, 5) is 26.1. The van der Waals surface area contributed by atoms with Crippen LogP contribution in [0.2, 0.25) is 0 Å². The molecule has 6 nitrogen and oxygen atoms in total. The van der Waals surface area contributed by atoms with Crippen molar-refractivity contribution in [1.82, 2.24) is 10.2 Å². The minimum Gasteiger partial charge on any atom is -0.483 e. The van der Waals surface area contributed by atoms with Crippen molar-refractivity contribution >= 4 is 11.8 Å². The number of amides is 2. The van der Waals surface area contributed by atoms with Gasteiger partial charge in [0.2, 0.25) is 5.91 Å². The Bertz CT molecular complexity index is 604. The first-order valence-corrected chi connectivity index (χ1v) is 8.97. The lowest BCUT2D eigenvalue weighted by Gasteiger charge is -2.35. The van der Waals surface area contributed by atoms with E-state index in [1.165, 1.54) is 0 Å². The topological polar surface area (TPSA) is 84.7 Å². The molecule has 3 N–H and O–H groups in total. The molecule has 0 aromatic heterocycles. The number of likely N-dealkylation sites (tertiary alicyclic amines) is 1. The Kier molecular flexibility index (Phi) is 7.25. The molecule has 0 spiro atoms. The number of nitrogens with one attached hydrogen (secondary N) is 1. The van der Waals surface area contributed by atoms with Gasteiger partial charge in [0.1, 0.15) is 5.75 Å². The molecule has 2 amide bonds. The zero-order valence-corrected chi connectivity index (χ0v) is 15.2. The van der Waals surface area contributed by atoms with Crippen LogP contribution in [0, 0.1) is 13.8 Å². The second kappa shape index (κ2) is 9.42. The molecular formula is C19H29N3O3. The van der Waals surface area contributed by atoms with Gasteiger partial charge in [-0.3, -0.25) is 9.59 Å². The van der Waals surface area contributed by atoms with Gasteiger partial charge in [-0.1, -0.05) is 12.1 Å². The van der Waals surface area contributed by atoms with Crippen LogP contribution in [0.3, 0.4) is 0 Å². The molecule has 1 aliphatic rings. The van der Waals surface area contributed by atoms with Gasteiger partial charge in [-0.15, -0.1) is 0 Å². The van der Waals surface area contributed by atoms with Crippen molar-refractivity contribution in [1.29, 1.82) is 0 Å². The first-order valence-electron chi connectivity index (χ1n) is 8.97. The number of ether oxygens (including phenoxy) is 1. The van der Waals surface area contributed by atoms with Crippen molar-refractivity contribution in [2.45, 2.75) is 45.6 Å². The molecule has 1 aromatic carbocycles. The molecule has 0 bridgehead atoms. The van der Waals surface area contributed by atoms with E-state index >= 15 is 0 Å². The van der Waals surface area contributed by atoms with Crippen molar-refractivity contribution in [3.05, 3.63) is 29.3 Å². The third-order valence-electron chi connectivity index (χ3n) is 4.55. The monoisotopic (exact) mass is 347 g/mol. The number of nitrogens with zero attached hydrogens (tertiary/aromatic N) is 1. The number of nitrogens with two attached hydrogens (primary N) is 1. The highest BCUT2D eigenvalue weighted by Gasteiger charge is 2.27. The van der Waals surface area contributed by atoms with Gasteiger partial charge in [-0.2, -0.15) is 0 Å². The van der Waals surface area contributed by atoms with Gasteiger partial charge in [-0.25, -0.2) is 0 Å². The molecule has 6 heteroatoms. The van der Waals surface area contributed by atoms with Crippen molar-refractivity contribution in [3.8, 4) is 5.75 Å². The normalized spacial score (nSPS) is 17.2. The first kappa shape index (κ1) is 19.2. The fraction of sp³-hybridized carbons (Fsp3) is 0.579. The summed E-state index contributed by atoms with van der Waals surface area (Å²) in [6.45, 7) is 5.52. The maximum Gasteiger partial charge on any atom is 0.260 e. The largest absolute Gasteiger partial charge is 0.483 e. The maximum atomic E-state index is 12.6. The van der Waals surface area contributed by atoms with E-state index in [4.69, 9.17) is 10.5 Å². The van der Waals surface area contributed by atoms with Gasteiger partial charge in [0.15, 0.2) is 6.61 Å². The maximum absolute atomic E-state index is 12.6. The van der Waals surface area contributed by atoms with Crippen LogP contribution in [-0.2, 0) is 9.59 Å². The second-order valence-electron chi connectivity index (χ2n) is 6.64. The van der Waals surface area contributed by atoms with Gasteiger partial charge in [-0.05, 0) is 50.3 Å². The Labute approximate surface area is 149 Å². The SMILES string of the molecule is Cc1ccc(C)c(OCC(=O)N2CCCCC2CNC(=O)CCN)c1. The molecule has 1 fully saturated rings. The molecule has 0 aliphatic carbocycles. The van der Waals surface area contributed by atoms with Crippen molar-refractivity contribution in [2.75, 3.05) is 26.2 Å². The quantitative estimate of drug-likeness (QED) is 0.783. The van der Waals surface area contributed by atoms with Gasteiger partial charge in [0, 0.05) is 32.1 Å². The zero-order valence-electron chi connectivity index (χ0n) is 15.2. The smallest absolute Gasteiger partial charge is 0.260 e. The average Bonchev–Trinajstić information content (AvgIpc) is 2.61. The minimum absolute atomic E-state index is 0.0253. The van der Waals surface area contributed by atoms with E-state index in [1.54, 1.807) is 0 Å². The van der Waals surface area contributed by atoms with E-state index in [1.807, 2.05) is 36.9 Å². The lowest BCUT2D eigenvalue weighted by molar-refractivity contribution is -0.137. The number of aryl methyl sites for hydroxylation is 2. The van der Waals surface area contributed by atoms with E-state index < -0.39 is 0 Å². The summed E-state index contributed by atoms with van der Waals surface area (Å²) >= 11 is 0. The molecule has 1 heterocycles. The van der Waals surface area contributed by atoms with Crippen LogP contribution in [0.4, 0.5) is 0 Å². The third kappa shape index (κ3) is 5.74. The van der Waals surface area contributed by atoms with Gasteiger partial charge in [0.05, 0.1) is 0 Å². The predicted molar refractivity (Wildman–Crippen MR) is 97.4 cm³/mol. The summed E-state index contributed by atoms with van der Waals surface area (Å²) < 4.78 is 5.75. The van der Waals surface area contributed by atoms with Crippen LogP contribution in [-0.4, -0.2) is 49.0 Å². The number of hydrogen-bond acceptors (Lipinski definition) is 4. The van der Waals surface area contributed by atoms with Crippen LogP contribution in [0.1, 0.15) is 36.8 Å². The minimum atomic E-state index is -0.0629. The number of carbonyl (C=O) groups is 2. The van der Waals surface area contributed by atoms with E-state index in [0.29, 0.717) is 26.1 Å². The van der Waals surface area contributed by atoms with E-state index in [9.17, 15) is 9.59 Å². The Balaban J connectivity index is 1.91. The molecule has 1 aliphatic heterocycles. The number of piperidine rings is 1. The fourth-order valence-corrected chi connectivity index (χ4v) is 3.08. The van der Waals surface area contributed by atoms with Gasteiger partial charge in [0.25, 0.3) is 5.91 Å². The molecule has 0 radical (unpaired) electrons. The summed E-state index contributed by atoms with van der Waals surface area (Å²) in [5.41, 5.74) is 7.51. The van der Waals surface area contributed by atoms with Crippen LogP contribution in [0.25, 0.3) is 0 Å². The molecule has 1 saturated heterocycles. The van der Waals surface area contributed by atoms with Crippen molar-refractivity contribution in [3.63, 3.8) is 0 Å². The molecule has 1 aromatic rings. The fourth-order valence-electron chi connectivity index (χ4n) is 3.08. The Morgan fingerprint density at radius 1 is 1.32 bits per heavy atom. The zero-order chi connectivity index (χ0) is 18.2. The van der Waals surface area contributed by atoms with Crippen LogP contribution in [0.15, 0.2) is 18.2 Å². The number of benzene rings is 1. The molecule has 1 unspecified atom stereocenters. The molecular weight excluding hydrogens is 318 g/mol. The second-order valence-corrected chi connectivity index (χ2v) is 6.64. The third-order valence-corrected chi connectivity index (χ3v) is 4.55.